The van der Waals surface area contributed by atoms with Gasteiger partial charge in [0, 0.05) is 6.54 Å². The molecule has 0 spiro atoms. The Hall–Kier alpha value is -0.320. The quantitative estimate of drug-likeness (QED) is 0.922. The van der Waals surface area contributed by atoms with Crippen LogP contribution in [-0.2, 0) is 0 Å². The second-order valence-electron chi connectivity index (χ2n) is 4.33. The lowest BCUT2D eigenvalue weighted by Crippen LogP contribution is -2.29. The van der Waals surface area contributed by atoms with Crippen molar-refractivity contribution in [3.63, 3.8) is 0 Å². The Balaban J connectivity index is 1.86. The van der Waals surface area contributed by atoms with Crippen LogP contribution in [-0.4, -0.2) is 16.8 Å². The number of nitrogens with zero attached hydrogens (tertiary/aromatic N) is 1. The average Bonchev–Trinajstić information content (AvgIpc) is 2.69. The Bertz CT molecular complexity index is 402. The summed E-state index contributed by atoms with van der Waals surface area (Å²) in [7, 11) is 0. The van der Waals surface area contributed by atoms with E-state index in [9.17, 15) is 4.79 Å². The number of amides is 1. The third-order valence-corrected chi connectivity index (χ3v) is 4.88. The molecule has 3 nitrogen and oxygen atoms in total. The molecular formula is C11H14Cl2N2OS. The number of rotatable bonds is 3. The summed E-state index contributed by atoms with van der Waals surface area (Å²) in [6, 6.07) is 0. The molecule has 1 aromatic rings. The smallest absolute Gasteiger partial charge is 0.264 e. The van der Waals surface area contributed by atoms with E-state index < -0.39 is 0 Å². The molecule has 0 unspecified atom stereocenters. The molecule has 1 heterocycles. The Morgan fingerprint density at radius 1 is 1.35 bits per heavy atom. The van der Waals surface area contributed by atoms with Crippen LogP contribution in [0.4, 0.5) is 0 Å². The molecule has 94 valence electrons. The summed E-state index contributed by atoms with van der Waals surface area (Å²) in [5.74, 6) is 0.444. The molecule has 1 saturated carbocycles. The third kappa shape index (κ3) is 3.33. The minimum Gasteiger partial charge on any atom is -0.351 e. The van der Waals surface area contributed by atoms with Gasteiger partial charge in [-0.05, 0) is 30.3 Å². The van der Waals surface area contributed by atoms with Gasteiger partial charge in [-0.1, -0.05) is 42.5 Å². The maximum Gasteiger partial charge on any atom is 0.264 e. The predicted octanol–water partition coefficient (Wildman–Crippen LogP) is 3.76. The van der Waals surface area contributed by atoms with E-state index in [4.69, 9.17) is 23.2 Å². The van der Waals surface area contributed by atoms with Crippen molar-refractivity contribution < 1.29 is 4.79 Å². The van der Waals surface area contributed by atoms with Crippen molar-refractivity contribution in [2.75, 3.05) is 6.54 Å². The van der Waals surface area contributed by atoms with Crippen LogP contribution in [0.5, 0.6) is 0 Å². The zero-order valence-corrected chi connectivity index (χ0v) is 11.7. The van der Waals surface area contributed by atoms with Gasteiger partial charge in [0.25, 0.3) is 5.91 Å². The van der Waals surface area contributed by atoms with Gasteiger partial charge in [0.15, 0.2) is 5.15 Å². The van der Waals surface area contributed by atoms with E-state index >= 15 is 0 Å². The second-order valence-corrected chi connectivity index (χ2v) is 5.84. The van der Waals surface area contributed by atoms with Crippen molar-refractivity contribution in [2.45, 2.75) is 32.1 Å². The van der Waals surface area contributed by atoms with E-state index in [2.05, 4.69) is 9.69 Å². The number of carbonyl (C=O) groups is 1. The first-order valence-corrected chi connectivity index (χ1v) is 7.30. The van der Waals surface area contributed by atoms with Crippen LogP contribution in [0.3, 0.4) is 0 Å². The minimum atomic E-state index is -0.162. The van der Waals surface area contributed by atoms with E-state index in [-0.39, 0.29) is 16.1 Å². The Morgan fingerprint density at radius 2 is 2.06 bits per heavy atom. The molecule has 17 heavy (non-hydrogen) atoms. The van der Waals surface area contributed by atoms with Crippen molar-refractivity contribution >= 4 is 40.6 Å². The highest BCUT2D eigenvalue weighted by Gasteiger charge is 2.19. The third-order valence-electron chi connectivity index (χ3n) is 3.08. The van der Waals surface area contributed by atoms with E-state index in [0.29, 0.717) is 10.8 Å². The normalized spacial score (nSPS) is 17.1. The molecule has 0 radical (unpaired) electrons. The molecule has 2 rings (SSSR count). The summed E-state index contributed by atoms with van der Waals surface area (Å²) in [5.41, 5.74) is 0. The van der Waals surface area contributed by atoms with Gasteiger partial charge >= 0.3 is 0 Å². The number of hydrogen-bond donors (Lipinski definition) is 1. The molecule has 0 aromatic carbocycles. The van der Waals surface area contributed by atoms with Gasteiger partial charge in [-0.25, -0.2) is 0 Å². The molecule has 0 atom stereocenters. The molecule has 0 bridgehead atoms. The Kier molecular flexibility index (Phi) is 4.65. The van der Waals surface area contributed by atoms with Crippen LogP contribution >= 0.6 is 34.7 Å². The van der Waals surface area contributed by atoms with Crippen molar-refractivity contribution in [3.05, 3.63) is 15.1 Å². The SMILES string of the molecule is O=C(NCC1CCCCC1)c1snc(Cl)c1Cl. The largest absolute Gasteiger partial charge is 0.351 e. The van der Waals surface area contributed by atoms with Crippen molar-refractivity contribution in [1.82, 2.24) is 9.69 Å². The summed E-state index contributed by atoms with van der Waals surface area (Å²) in [6.07, 6.45) is 6.27. The van der Waals surface area contributed by atoms with E-state index in [1.54, 1.807) is 0 Å². The summed E-state index contributed by atoms with van der Waals surface area (Å²) >= 11 is 12.6. The highest BCUT2D eigenvalue weighted by molar-refractivity contribution is 7.09. The molecular weight excluding hydrogens is 279 g/mol. The first kappa shape index (κ1) is 13.1. The van der Waals surface area contributed by atoms with Crippen LogP contribution in [0.2, 0.25) is 10.2 Å². The Labute approximate surface area is 115 Å². The fraction of sp³-hybridized carbons (Fsp3) is 0.636. The second kappa shape index (κ2) is 6.03. The minimum absolute atomic E-state index is 0.162. The molecule has 1 N–H and O–H groups in total. The molecule has 1 fully saturated rings. The van der Waals surface area contributed by atoms with Gasteiger partial charge in [-0.15, -0.1) is 0 Å². The predicted molar refractivity (Wildman–Crippen MR) is 71.0 cm³/mol. The van der Waals surface area contributed by atoms with Gasteiger partial charge in [0.05, 0.1) is 0 Å². The molecule has 1 aliphatic rings. The number of halogens is 2. The maximum atomic E-state index is 11.8. The zero-order valence-electron chi connectivity index (χ0n) is 9.34. The monoisotopic (exact) mass is 292 g/mol. The van der Waals surface area contributed by atoms with E-state index in [1.807, 2.05) is 0 Å². The number of carbonyl (C=O) groups excluding carboxylic acids is 1. The van der Waals surface area contributed by atoms with Crippen LogP contribution in [0.1, 0.15) is 41.8 Å². The number of aromatic nitrogens is 1. The van der Waals surface area contributed by atoms with E-state index in [1.165, 1.54) is 32.1 Å². The molecule has 1 amide bonds. The highest BCUT2D eigenvalue weighted by Crippen LogP contribution is 2.28. The van der Waals surface area contributed by atoms with E-state index in [0.717, 1.165) is 18.1 Å². The molecule has 0 saturated heterocycles. The summed E-state index contributed by atoms with van der Waals surface area (Å²) in [6.45, 7) is 0.727. The molecule has 1 aromatic heterocycles. The summed E-state index contributed by atoms with van der Waals surface area (Å²) in [5, 5.41) is 3.38. The van der Waals surface area contributed by atoms with Crippen LogP contribution in [0, 0.1) is 5.92 Å². The highest BCUT2D eigenvalue weighted by atomic mass is 35.5. The van der Waals surface area contributed by atoms with Crippen molar-refractivity contribution in [1.29, 1.82) is 0 Å². The Morgan fingerprint density at radius 3 is 2.65 bits per heavy atom. The lowest BCUT2D eigenvalue weighted by molar-refractivity contribution is 0.0948. The van der Waals surface area contributed by atoms with Gasteiger partial charge in [0.2, 0.25) is 0 Å². The van der Waals surface area contributed by atoms with Gasteiger partial charge in [0.1, 0.15) is 9.90 Å². The molecule has 0 aliphatic heterocycles. The van der Waals surface area contributed by atoms with Crippen molar-refractivity contribution in [3.8, 4) is 0 Å². The lowest BCUT2D eigenvalue weighted by Gasteiger charge is -2.21. The fourth-order valence-electron chi connectivity index (χ4n) is 2.11. The molecule has 6 heteroatoms. The van der Waals surface area contributed by atoms with Gasteiger partial charge in [-0.2, -0.15) is 4.37 Å². The van der Waals surface area contributed by atoms with Crippen LogP contribution in [0.25, 0.3) is 0 Å². The summed E-state index contributed by atoms with van der Waals surface area (Å²) < 4.78 is 3.85. The maximum absolute atomic E-state index is 11.8. The zero-order chi connectivity index (χ0) is 12.3. The topological polar surface area (TPSA) is 42.0 Å². The van der Waals surface area contributed by atoms with Crippen LogP contribution < -0.4 is 5.32 Å². The number of hydrogen-bond acceptors (Lipinski definition) is 3. The lowest BCUT2D eigenvalue weighted by atomic mass is 9.89. The first-order valence-electron chi connectivity index (χ1n) is 5.77. The number of nitrogens with one attached hydrogen (secondary N) is 1. The van der Waals surface area contributed by atoms with Crippen molar-refractivity contribution in [2.24, 2.45) is 5.92 Å². The first-order chi connectivity index (χ1) is 8.18. The summed E-state index contributed by atoms with van der Waals surface area (Å²) in [4.78, 5) is 12.2. The van der Waals surface area contributed by atoms with Crippen LogP contribution in [0.15, 0.2) is 0 Å². The standard InChI is InChI=1S/C11H14Cl2N2OS/c12-8-9(17-15-10(8)13)11(16)14-6-7-4-2-1-3-5-7/h7H,1-6H2,(H,14,16). The van der Waals surface area contributed by atoms with Gasteiger partial charge in [-0.3, -0.25) is 4.79 Å². The van der Waals surface area contributed by atoms with Gasteiger partial charge < -0.3 is 5.32 Å². The molecule has 1 aliphatic carbocycles. The fourth-order valence-corrected chi connectivity index (χ4v) is 3.24. The average molecular weight is 293 g/mol.